The van der Waals surface area contributed by atoms with Crippen LogP contribution in [0.15, 0.2) is 60.7 Å². The minimum absolute atomic E-state index is 0.258. The minimum Gasteiger partial charge on any atom is -0.375 e. The lowest BCUT2D eigenvalue weighted by Crippen LogP contribution is -2.41. The van der Waals surface area contributed by atoms with Crippen molar-refractivity contribution in [2.75, 3.05) is 11.4 Å². The van der Waals surface area contributed by atoms with Crippen LogP contribution in [0.3, 0.4) is 0 Å². The second kappa shape index (κ2) is 7.03. The van der Waals surface area contributed by atoms with E-state index in [9.17, 15) is 14.7 Å². The number of carbonyl (C=O) groups excluding carboxylic acids is 2. The number of rotatable bonds is 6. The van der Waals surface area contributed by atoms with Gasteiger partial charge in [-0.05, 0) is 24.1 Å². The van der Waals surface area contributed by atoms with Crippen molar-refractivity contribution in [3.8, 4) is 0 Å². The van der Waals surface area contributed by atoms with Gasteiger partial charge in [0.1, 0.15) is 0 Å². The van der Waals surface area contributed by atoms with E-state index in [0.29, 0.717) is 17.8 Å². The first-order valence-electron chi connectivity index (χ1n) is 8.46. The zero-order chi connectivity index (χ0) is 17.9. The highest BCUT2D eigenvalue weighted by atomic mass is 16.3. The van der Waals surface area contributed by atoms with Crippen molar-refractivity contribution in [2.24, 2.45) is 0 Å². The van der Waals surface area contributed by atoms with Crippen LogP contribution in [0.5, 0.6) is 0 Å². The number of allylic oxidation sites excluding steroid dienone is 1. The molecule has 2 aromatic rings. The highest BCUT2D eigenvalue weighted by Gasteiger charge is 2.50. The van der Waals surface area contributed by atoms with Gasteiger partial charge in [-0.2, -0.15) is 0 Å². The summed E-state index contributed by atoms with van der Waals surface area (Å²) in [5, 5.41) is 11.0. The van der Waals surface area contributed by atoms with E-state index in [4.69, 9.17) is 0 Å². The summed E-state index contributed by atoms with van der Waals surface area (Å²) in [4.78, 5) is 26.7. The van der Waals surface area contributed by atoms with Crippen LogP contribution >= 0.6 is 0 Å². The lowest BCUT2D eigenvalue weighted by molar-refractivity contribution is -0.140. The smallest absolute Gasteiger partial charge is 0.264 e. The lowest BCUT2D eigenvalue weighted by Gasteiger charge is -2.22. The minimum atomic E-state index is -1.79. The zero-order valence-corrected chi connectivity index (χ0v) is 14.2. The molecule has 0 unspecified atom stereocenters. The number of fused-ring (bicyclic) bond motifs is 1. The van der Waals surface area contributed by atoms with Gasteiger partial charge < -0.3 is 10.0 Å². The van der Waals surface area contributed by atoms with Crippen molar-refractivity contribution in [3.63, 3.8) is 0 Å². The Morgan fingerprint density at radius 3 is 2.52 bits per heavy atom. The third kappa shape index (κ3) is 3.26. The van der Waals surface area contributed by atoms with Crippen molar-refractivity contribution in [1.82, 2.24) is 0 Å². The molecule has 1 amide bonds. The summed E-state index contributed by atoms with van der Waals surface area (Å²) in [5.74, 6) is -0.704. The molecule has 0 radical (unpaired) electrons. The Morgan fingerprint density at radius 2 is 1.80 bits per heavy atom. The largest absolute Gasteiger partial charge is 0.375 e. The molecule has 1 N–H and O–H groups in total. The molecule has 1 atom stereocenters. The van der Waals surface area contributed by atoms with Crippen LogP contribution in [0, 0.1) is 0 Å². The van der Waals surface area contributed by atoms with E-state index in [2.05, 4.69) is 0 Å². The number of anilines is 1. The van der Waals surface area contributed by atoms with Crippen LogP contribution in [0.4, 0.5) is 5.69 Å². The Hall–Kier alpha value is -2.72. The average molecular weight is 335 g/mol. The Balaban J connectivity index is 1.84. The Morgan fingerprint density at radius 1 is 1.12 bits per heavy atom. The molecule has 0 bridgehead atoms. The number of ketones is 1. The molecule has 0 aliphatic carbocycles. The second-order valence-electron chi connectivity index (χ2n) is 6.22. The highest BCUT2D eigenvalue weighted by Crippen LogP contribution is 2.42. The van der Waals surface area contributed by atoms with Crippen molar-refractivity contribution in [1.29, 1.82) is 0 Å². The van der Waals surface area contributed by atoms with Gasteiger partial charge in [-0.1, -0.05) is 61.5 Å². The number of aliphatic hydroxyl groups is 1. The maximum atomic E-state index is 12.8. The quantitative estimate of drug-likeness (QED) is 0.824. The first-order chi connectivity index (χ1) is 12.1. The molecule has 0 fully saturated rings. The van der Waals surface area contributed by atoms with Crippen LogP contribution < -0.4 is 4.90 Å². The lowest BCUT2D eigenvalue weighted by atomic mass is 9.89. The van der Waals surface area contributed by atoms with E-state index in [1.165, 1.54) is 6.08 Å². The van der Waals surface area contributed by atoms with Crippen molar-refractivity contribution >= 4 is 23.5 Å². The van der Waals surface area contributed by atoms with Gasteiger partial charge in [0.25, 0.3) is 5.91 Å². The van der Waals surface area contributed by atoms with E-state index < -0.39 is 11.5 Å². The fraction of sp³-hybridized carbons (Fsp3) is 0.238. The van der Waals surface area contributed by atoms with Gasteiger partial charge in [-0.25, -0.2) is 0 Å². The molecule has 0 saturated carbocycles. The van der Waals surface area contributed by atoms with Crippen LogP contribution in [0.25, 0.3) is 6.08 Å². The molecular formula is C21H21NO3. The van der Waals surface area contributed by atoms with Crippen LogP contribution in [-0.4, -0.2) is 23.3 Å². The third-order valence-corrected chi connectivity index (χ3v) is 4.38. The number of benzene rings is 2. The molecule has 0 saturated heterocycles. The van der Waals surface area contributed by atoms with E-state index >= 15 is 0 Å². The van der Waals surface area contributed by atoms with Gasteiger partial charge in [0.05, 0.1) is 12.1 Å². The molecule has 1 aliphatic heterocycles. The van der Waals surface area contributed by atoms with Crippen LogP contribution in [0.2, 0.25) is 0 Å². The average Bonchev–Trinajstić information content (AvgIpc) is 2.83. The van der Waals surface area contributed by atoms with Gasteiger partial charge in [-0.15, -0.1) is 0 Å². The van der Waals surface area contributed by atoms with Gasteiger partial charge in [0, 0.05) is 12.1 Å². The van der Waals surface area contributed by atoms with Crippen LogP contribution in [-0.2, 0) is 15.2 Å². The van der Waals surface area contributed by atoms with E-state index in [0.717, 1.165) is 12.0 Å². The Labute approximate surface area is 147 Å². The molecule has 4 heteroatoms. The highest BCUT2D eigenvalue weighted by molar-refractivity contribution is 6.10. The molecule has 0 aromatic heterocycles. The predicted octanol–water partition coefficient (Wildman–Crippen LogP) is 3.30. The molecule has 1 aliphatic rings. The topological polar surface area (TPSA) is 57.6 Å². The number of amides is 1. The third-order valence-electron chi connectivity index (χ3n) is 4.38. The Kier molecular flexibility index (Phi) is 4.81. The van der Waals surface area contributed by atoms with Gasteiger partial charge in [-0.3, -0.25) is 9.59 Å². The van der Waals surface area contributed by atoms with E-state index in [1.807, 2.05) is 49.4 Å². The summed E-state index contributed by atoms with van der Waals surface area (Å²) in [6.07, 6.45) is 3.64. The summed E-state index contributed by atoms with van der Waals surface area (Å²) >= 11 is 0. The maximum absolute atomic E-state index is 12.8. The van der Waals surface area contributed by atoms with Crippen molar-refractivity contribution in [2.45, 2.75) is 25.4 Å². The number of carbonyl (C=O) groups is 2. The van der Waals surface area contributed by atoms with E-state index in [-0.39, 0.29) is 12.2 Å². The maximum Gasteiger partial charge on any atom is 0.264 e. The molecule has 1 heterocycles. The molecule has 25 heavy (non-hydrogen) atoms. The summed E-state index contributed by atoms with van der Waals surface area (Å²) in [6.45, 7) is 2.49. The standard InChI is InChI=1S/C21H21NO3/c1-2-14-22-19-11-7-6-10-18(19)21(25,20(22)24)15-17(23)13-12-16-8-4-3-5-9-16/h3-13,25H,2,14-15H2,1H3/b13-12+/t21-/m1/s1. The zero-order valence-electron chi connectivity index (χ0n) is 14.2. The molecular weight excluding hydrogens is 314 g/mol. The van der Waals surface area contributed by atoms with Crippen LogP contribution in [0.1, 0.15) is 30.9 Å². The SMILES string of the molecule is CCCN1C(=O)[C@@](O)(CC(=O)/C=C/c2ccccc2)c2ccccc21. The fourth-order valence-corrected chi connectivity index (χ4v) is 3.19. The predicted molar refractivity (Wildman–Crippen MR) is 98.1 cm³/mol. The second-order valence-corrected chi connectivity index (χ2v) is 6.22. The fourth-order valence-electron chi connectivity index (χ4n) is 3.19. The number of para-hydroxylation sites is 1. The summed E-state index contributed by atoms with van der Waals surface area (Å²) in [5.41, 5.74) is 0.310. The summed E-state index contributed by atoms with van der Waals surface area (Å²) in [7, 11) is 0. The first kappa shape index (κ1) is 17.1. The molecule has 3 rings (SSSR count). The molecule has 128 valence electrons. The van der Waals surface area contributed by atoms with Gasteiger partial charge >= 0.3 is 0 Å². The molecule has 2 aromatic carbocycles. The molecule has 0 spiro atoms. The van der Waals surface area contributed by atoms with Gasteiger partial charge in [0.2, 0.25) is 0 Å². The number of hydrogen-bond acceptors (Lipinski definition) is 3. The Bertz CT molecular complexity index is 813. The summed E-state index contributed by atoms with van der Waals surface area (Å²) in [6, 6.07) is 16.6. The number of hydrogen-bond donors (Lipinski definition) is 1. The van der Waals surface area contributed by atoms with E-state index in [1.54, 1.807) is 23.1 Å². The van der Waals surface area contributed by atoms with Crippen molar-refractivity contribution < 1.29 is 14.7 Å². The van der Waals surface area contributed by atoms with Gasteiger partial charge in [0.15, 0.2) is 11.4 Å². The number of nitrogens with zero attached hydrogens (tertiary/aromatic N) is 1. The monoisotopic (exact) mass is 335 g/mol. The normalized spacial score (nSPS) is 19.4. The van der Waals surface area contributed by atoms with Crippen molar-refractivity contribution in [3.05, 3.63) is 71.8 Å². The summed E-state index contributed by atoms with van der Waals surface area (Å²) < 4.78 is 0. The molecule has 4 nitrogen and oxygen atoms in total. The first-order valence-corrected chi connectivity index (χ1v) is 8.46.